The van der Waals surface area contributed by atoms with E-state index in [0.717, 1.165) is 16.8 Å². The van der Waals surface area contributed by atoms with Gasteiger partial charge in [-0.15, -0.1) is 0 Å². The summed E-state index contributed by atoms with van der Waals surface area (Å²) >= 11 is 0. The third-order valence-corrected chi connectivity index (χ3v) is 5.54. The van der Waals surface area contributed by atoms with Gasteiger partial charge >= 0.3 is 13.3 Å². The first-order chi connectivity index (χ1) is 12.2. The Labute approximate surface area is 149 Å². The largest absolute Gasteiger partial charge is 0.385 e. The second kappa shape index (κ2) is 8.13. The fraction of sp³-hybridized carbons (Fsp3) is 0.714. The molecule has 2 heterocycles. The van der Waals surface area contributed by atoms with Gasteiger partial charge in [0.15, 0.2) is 18.4 Å². The van der Waals surface area contributed by atoms with Gasteiger partial charge in [0.05, 0.1) is 13.2 Å². The van der Waals surface area contributed by atoms with Crippen LogP contribution in [0.25, 0.3) is 0 Å². The van der Waals surface area contributed by atoms with Crippen molar-refractivity contribution in [2.75, 3.05) is 19.6 Å². The van der Waals surface area contributed by atoms with E-state index in [9.17, 15) is 24.4 Å². The molecule has 0 spiro atoms. The molecule has 0 unspecified atom stereocenters. The van der Waals surface area contributed by atoms with Gasteiger partial charge in [0, 0.05) is 12.3 Å². The zero-order valence-corrected chi connectivity index (χ0v) is 15.5. The molecule has 1 aromatic rings. The van der Waals surface area contributed by atoms with Gasteiger partial charge in [-0.2, -0.15) is 0 Å². The zero-order chi connectivity index (χ0) is 19.5. The highest BCUT2D eigenvalue weighted by molar-refractivity contribution is 7.53. The number of hydrogen-bond donors (Lipinski definition) is 3. The van der Waals surface area contributed by atoms with Gasteiger partial charge in [0.25, 0.3) is 5.56 Å². The van der Waals surface area contributed by atoms with Crippen LogP contribution in [0.1, 0.15) is 27.0 Å². The lowest BCUT2D eigenvalue weighted by molar-refractivity contribution is -0.248. The maximum Gasteiger partial charge on any atom is 0.356 e. The SMILES string of the molecule is CCOP(=O)(CO[C@]1(C)O[C@@H](n2ccc(=O)[nH]c2=O)[C@H](O)[C@@H]1O)OCC. The van der Waals surface area contributed by atoms with E-state index in [0.29, 0.717) is 0 Å². The molecule has 1 saturated heterocycles. The Balaban J connectivity index is 2.20. The van der Waals surface area contributed by atoms with Crippen molar-refractivity contribution in [3.8, 4) is 0 Å². The van der Waals surface area contributed by atoms with Crippen LogP contribution in [-0.2, 0) is 23.1 Å². The number of aromatic amines is 1. The van der Waals surface area contributed by atoms with E-state index in [4.69, 9.17) is 18.5 Å². The molecular weight excluding hydrogens is 371 g/mol. The smallest absolute Gasteiger partial charge is 0.356 e. The number of aliphatic hydroxyl groups excluding tert-OH is 2. The highest BCUT2D eigenvalue weighted by Crippen LogP contribution is 2.50. The Morgan fingerprint density at radius 1 is 1.31 bits per heavy atom. The number of hydrogen-bond acceptors (Lipinski definition) is 9. The van der Waals surface area contributed by atoms with Crippen molar-refractivity contribution in [2.45, 2.75) is 45.0 Å². The van der Waals surface area contributed by atoms with Crippen molar-refractivity contribution in [1.82, 2.24) is 9.55 Å². The summed E-state index contributed by atoms with van der Waals surface area (Å²) in [6.45, 7) is 4.84. The van der Waals surface area contributed by atoms with E-state index in [1.165, 1.54) is 6.92 Å². The van der Waals surface area contributed by atoms with Gasteiger partial charge < -0.3 is 28.7 Å². The molecule has 148 valence electrons. The lowest BCUT2D eigenvalue weighted by Gasteiger charge is -2.29. The first-order valence-corrected chi connectivity index (χ1v) is 9.76. The minimum atomic E-state index is -3.58. The van der Waals surface area contributed by atoms with Crippen molar-refractivity contribution in [3.63, 3.8) is 0 Å². The van der Waals surface area contributed by atoms with Gasteiger partial charge in [-0.25, -0.2) is 4.79 Å². The van der Waals surface area contributed by atoms with Crippen LogP contribution in [0.2, 0.25) is 0 Å². The standard InChI is InChI=1S/C14H23N2O9P/c1-4-23-26(21,24-5-2)8-22-14(3)11(19)10(18)12(25-14)16-7-6-9(17)15-13(16)20/h6-7,10-12,18-19H,4-5,8H2,1-3H3,(H,15,17,20)/t10-,11+,12-,14-/m1/s1. The van der Waals surface area contributed by atoms with Gasteiger partial charge in [0.2, 0.25) is 0 Å². The van der Waals surface area contributed by atoms with E-state index in [-0.39, 0.29) is 13.2 Å². The van der Waals surface area contributed by atoms with Gasteiger partial charge in [-0.1, -0.05) is 0 Å². The highest BCUT2D eigenvalue weighted by atomic mass is 31.2. The first-order valence-electron chi connectivity index (χ1n) is 8.03. The number of aliphatic hydroxyl groups is 2. The lowest BCUT2D eigenvalue weighted by Crippen LogP contribution is -2.43. The van der Waals surface area contributed by atoms with E-state index >= 15 is 0 Å². The summed E-state index contributed by atoms with van der Waals surface area (Å²) in [5.41, 5.74) is -1.44. The van der Waals surface area contributed by atoms with Crippen LogP contribution < -0.4 is 11.2 Å². The Kier molecular flexibility index (Phi) is 6.56. The molecule has 12 heteroatoms. The molecule has 1 aliphatic heterocycles. The minimum Gasteiger partial charge on any atom is -0.385 e. The second-order valence-electron chi connectivity index (χ2n) is 5.70. The summed E-state index contributed by atoms with van der Waals surface area (Å²) in [6, 6.07) is 1.07. The molecule has 11 nitrogen and oxygen atoms in total. The molecule has 1 aliphatic rings. The molecule has 0 bridgehead atoms. The van der Waals surface area contributed by atoms with Crippen LogP contribution in [0.3, 0.4) is 0 Å². The number of rotatable bonds is 8. The average molecular weight is 394 g/mol. The van der Waals surface area contributed by atoms with Gasteiger partial charge in [-0.3, -0.25) is 18.9 Å². The maximum absolute atomic E-state index is 12.5. The number of nitrogens with zero attached hydrogens (tertiary/aromatic N) is 1. The lowest BCUT2D eigenvalue weighted by atomic mass is 10.1. The molecule has 26 heavy (non-hydrogen) atoms. The van der Waals surface area contributed by atoms with Gasteiger partial charge in [0.1, 0.15) is 12.2 Å². The van der Waals surface area contributed by atoms with E-state index in [2.05, 4.69) is 0 Å². The number of nitrogens with one attached hydrogen (secondary N) is 1. The quantitative estimate of drug-likeness (QED) is 0.507. The van der Waals surface area contributed by atoms with E-state index in [1.807, 2.05) is 4.98 Å². The molecule has 2 rings (SSSR count). The summed E-state index contributed by atoms with van der Waals surface area (Å²) in [5, 5.41) is 20.5. The highest BCUT2D eigenvalue weighted by Gasteiger charge is 2.54. The molecule has 0 amide bonds. The van der Waals surface area contributed by atoms with Crippen molar-refractivity contribution in [3.05, 3.63) is 33.1 Å². The third-order valence-electron chi connectivity index (χ3n) is 3.79. The topological polar surface area (TPSA) is 149 Å². The molecule has 0 aliphatic carbocycles. The van der Waals surface area contributed by atoms with Crippen LogP contribution >= 0.6 is 7.60 Å². The minimum absolute atomic E-state index is 0.124. The summed E-state index contributed by atoms with van der Waals surface area (Å²) in [5.74, 6) is -1.79. The number of H-pyrrole nitrogens is 1. The summed E-state index contributed by atoms with van der Waals surface area (Å²) in [7, 11) is -3.58. The normalized spacial score (nSPS) is 29.2. The monoisotopic (exact) mass is 394 g/mol. The summed E-state index contributed by atoms with van der Waals surface area (Å²) in [4.78, 5) is 25.1. The predicted octanol–water partition coefficient (Wildman–Crippen LogP) is -0.256. The van der Waals surface area contributed by atoms with E-state index in [1.54, 1.807) is 13.8 Å². The van der Waals surface area contributed by atoms with Crippen molar-refractivity contribution < 1.29 is 33.3 Å². The third kappa shape index (κ3) is 4.32. The maximum atomic E-state index is 12.5. The second-order valence-corrected chi connectivity index (χ2v) is 7.69. The molecule has 3 N–H and O–H groups in total. The van der Waals surface area contributed by atoms with Crippen LogP contribution in [0.5, 0.6) is 0 Å². The molecule has 0 aromatic carbocycles. The Morgan fingerprint density at radius 2 is 1.92 bits per heavy atom. The molecule has 1 fully saturated rings. The predicted molar refractivity (Wildman–Crippen MR) is 88.7 cm³/mol. The number of ether oxygens (including phenoxy) is 2. The molecule has 4 atom stereocenters. The van der Waals surface area contributed by atoms with Gasteiger partial charge in [-0.05, 0) is 20.8 Å². The van der Waals surface area contributed by atoms with Crippen LogP contribution in [0.4, 0.5) is 0 Å². The molecular formula is C14H23N2O9P. The summed E-state index contributed by atoms with van der Waals surface area (Å²) in [6.07, 6.45) is -3.83. The molecule has 0 radical (unpaired) electrons. The van der Waals surface area contributed by atoms with Crippen molar-refractivity contribution >= 4 is 7.60 Å². The Hall–Kier alpha value is -1.33. The van der Waals surface area contributed by atoms with Crippen LogP contribution in [0.15, 0.2) is 21.9 Å². The number of aromatic nitrogens is 2. The van der Waals surface area contributed by atoms with E-state index < -0.39 is 49.4 Å². The fourth-order valence-electron chi connectivity index (χ4n) is 2.53. The van der Waals surface area contributed by atoms with Crippen molar-refractivity contribution in [2.24, 2.45) is 0 Å². The zero-order valence-electron chi connectivity index (χ0n) is 14.7. The van der Waals surface area contributed by atoms with Crippen LogP contribution in [0, 0.1) is 0 Å². The van der Waals surface area contributed by atoms with Crippen LogP contribution in [-0.4, -0.2) is 57.3 Å². The summed E-state index contributed by atoms with van der Waals surface area (Å²) < 4.78 is 34.5. The Morgan fingerprint density at radius 3 is 2.46 bits per heavy atom. The van der Waals surface area contributed by atoms with Crippen molar-refractivity contribution in [1.29, 1.82) is 0 Å². The average Bonchev–Trinajstić information content (AvgIpc) is 2.79. The first kappa shape index (κ1) is 21.0. The Bertz CT molecular complexity index is 768. The molecule has 0 saturated carbocycles. The fourth-order valence-corrected chi connectivity index (χ4v) is 3.95. The molecule has 1 aromatic heterocycles.